The molecular weight excluding hydrogens is 404 g/mol. The number of hydrogen-bond donors (Lipinski definition) is 1. The summed E-state index contributed by atoms with van der Waals surface area (Å²) in [5, 5.41) is 2.95. The first kappa shape index (κ1) is 22.7. The zero-order chi connectivity index (χ0) is 21.7. The number of amides is 1. The van der Waals surface area contributed by atoms with E-state index in [1.165, 1.54) is 10.7 Å². The fourth-order valence-electron chi connectivity index (χ4n) is 4.29. The van der Waals surface area contributed by atoms with Crippen LogP contribution in [0, 0.1) is 12.8 Å². The molecule has 3 atom stereocenters. The Balaban J connectivity index is 1.62. The highest BCUT2D eigenvalue weighted by atomic mass is 32.2. The maximum atomic E-state index is 13.1. The van der Waals surface area contributed by atoms with Crippen LogP contribution < -0.4 is 5.32 Å². The molecule has 0 radical (unpaired) electrons. The Kier molecular flexibility index (Phi) is 7.52. The van der Waals surface area contributed by atoms with Gasteiger partial charge in [0.25, 0.3) is 5.91 Å². The molecule has 1 saturated heterocycles. The number of aryl methyl sites for hydroxylation is 1. The van der Waals surface area contributed by atoms with Gasteiger partial charge in [-0.15, -0.1) is 0 Å². The summed E-state index contributed by atoms with van der Waals surface area (Å²) in [4.78, 5) is 25.1. The third kappa shape index (κ3) is 5.40. The van der Waals surface area contributed by atoms with E-state index in [4.69, 9.17) is 4.74 Å². The molecule has 0 aromatic heterocycles. The van der Waals surface area contributed by atoms with Gasteiger partial charge in [0.05, 0.1) is 4.90 Å². The van der Waals surface area contributed by atoms with Crippen LogP contribution in [0.1, 0.15) is 57.4 Å². The van der Waals surface area contributed by atoms with Crippen molar-refractivity contribution in [2.24, 2.45) is 5.92 Å². The summed E-state index contributed by atoms with van der Waals surface area (Å²) in [6.07, 6.45) is 6.11. The van der Waals surface area contributed by atoms with Crippen LogP contribution in [-0.2, 0) is 24.3 Å². The van der Waals surface area contributed by atoms with Gasteiger partial charge in [0.1, 0.15) is 6.04 Å². The van der Waals surface area contributed by atoms with E-state index in [1.54, 1.807) is 24.3 Å². The molecule has 2 aliphatic rings. The van der Waals surface area contributed by atoms with Crippen LogP contribution >= 0.6 is 0 Å². The van der Waals surface area contributed by atoms with Gasteiger partial charge in [0.15, 0.2) is 6.61 Å². The smallest absolute Gasteiger partial charge is 0.324 e. The lowest BCUT2D eigenvalue weighted by Gasteiger charge is -2.33. The summed E-state index contributed by atoms with van der Waals surface area (Å²) in [6, 6.07) is 5.80. The lowest BCUT2D eigenvalue weighted by molar-refractivity contribution is -0.153. The number of rotatable bonds is 6. The maximum Gasteiger partial charge on any atom is 0.324 e. The molecule has 3 unspecified atom stereocenters. The van der Waals surface area contributed by atoms with Gasteiger partial charge in [-0.1, -0.05) is 37.5 Å². The fourth-order valence-corrected chi connectivity index (χ4v) is 5.93. The number of hydrogen-bond acceptors (Lipinski definition) is 5. The highest BCUT2D eigenvalue weighted by Gasteiger charge is 2.38. The van der Waals surface area contributed by atoms with Gasteiger partial charge in [-0.05, 0) is 57.1 Å². The quantitative estimate of drug-likeness (QED) is 0.692. The SMILES string of the molecule is Cc1ccc(S(=O)(=O)N2CCCCC2C(=O)OCC(=O)NC2CCCCC2C)cc1. The predicted molar refractivity (Wildman–Crippen MR) is 113 cm³/mol. The topological polar surface area (TPSA) is 92.8 Å². The monoisotopic (exact) mass is 436 g/mol. The summed E-state index contributed by atoms with van der Waals surface area (Å²) < 4.78 is 32.6. The molecule has 1 aliphatic carbocycles. The van der Waals surface area contributed by atoms with Gasteiger partial charge < -0.3 is 10.1 Å². The van der Waals surface area contributed by atoms with Crippen molar-refractivity contribution in [2.45, 2.75) is 75.8 Å². The second-order valence-corrected chi connectivity index (χ2v) is 10.4. The van der Waals surface area contributed by atoms with E-state index in [1.807, 2.05) is 6.92 Å². The third-order valence-corrected chi connectivity index (χ3v) is 8.08. The highest BCUT2D eigenvalue weighted by Crippen LogP contribution is 2.27. The van der Waals surface area contributed by atoms with Crippen LogP contribution in [0.15, 0.2) is 29.2 Å². The van der Waals surface area contributed by atoms with E-state index in [0.717, 1.165) is 31.2 Å². The lowest BCUT2D eigenvalue weighted by Crippen LogP contribution is -2.49. The van der Waals surface area contributed by atoms with E-state index in [9.17, 15) is 18.0 Å². The van der Waals surface area contributed by atoms with Crippen LogP contribution in [0.5, 0.6) is 0 Å². The largest absolute Gasteiger partial charge is 0.454 e. The minimum absolute atomic E-state index is 0.109. The molecule has 1 aromatic rings. The van der Waals surface area contributed by atoms with Gasteiger partial charge in [-0.2, -0.15) is 4.31 Å². The molecule has 1 aliphatic heterocycles. The van der Waals surface area contributed by atoms with Gasteiger partial charge in [-0.3, -0.25) is 9.59 Å². The van der Waals surface area contributed by atoms with Crippen molar-refractivity contribution in [3.05, 3.63) is 29.8 Å². The zero-order valence-electron chi connectivity index (χ0n) is 17.8. The highest BCUT2D eigenvalue weighted by molar-refractivity contribution is 7.89. The van der Waals surface area contributed by atoms with E-state index < -0.39 is 22.0 Å². The van der Waals surface area contributed by atoms with Crippen molar-refractivity contribution >= 4 is 21.9 Å². The Labute approximate surface area is 179 Å². The van der Waals surface area contributed by atoms with Crippen molar-refractivity contribution in [3.8, 4) is 0 Å². The van der Waals surface area contributed by atoms with Crippen molar-refractivity contribution in [1.82, 2.24) is 9.62 Å². The van der Waals surface area contributed by atoms with E-state index in [0.29, 0.717) is 18.8 Å². The number of piperidine rings is 1. The van der Waals surface area contributed by atoms with Crippen LogP contribution in [0.25, 0.3) is 0 Å². The van der Waals surface area contributed by atoms with Crippen LogP contribution in [-0.4, -0.2) is 49.8 Å². The maximum absolute atomic E-state index is 13.1. The average Bonchev–Trinajstić information content (AvgIpc) is 2.74. The molecular formula is C22H32N2O5S. The van der Waals surface area contributed by atoms with Crippen LogP contribution in [0.2, 0.25) is 0 Å². The van der Waals surface area contributed by atoms with Gasteiger partial charge in [-0.25, -0.2) is 8.42 Å². The number of nitrogens with zero attached hydrogens (tertiary/aromatic N) is 1. The Bertz CT molecular complexity index is 853. The molecule has 1 saturated carbocycles. The summed E-state index contributed by atoms with van der Waals surface area (Å²) in [6.45, 7) is 3.89. The molecule has 1 aromatic carbocycles. The standard InChI is InChI=1S/C22H32N2O5S/c1-16-10-12-18(13-11-16)30(27,28)24-14-6-5-9-20(24)22(26)29-15-21(25)23-19-8-4-3-7-17(19)2/h10-13,17,19-20H,3-9,14-15H2,1-2H3,(H,23,25). The summed E-state index contributed by atoms with van der Waals surface area (Å²) in [5.41, 5.74) is 0.960. The van der Waals surface area contributed by atoms with Crippen molar-refractivity contribution in [1.29, 1.82) is 0 Å². The first-order valence-corrected chi connectivity index (χ1v) is 12.3. The summed E-state index contributed by atoms with van der Waals surface area (Å²) in [5.74, 6) is -0.574. The van der Waals surface area contributed by atoms with E-state index in [2.05, 4.69) is 12.2 Å². The molecule has 30 heavy (non-hydrogen) atoms. The number of benzene rings is 1. The number of carbonyl (C=O) groups excluding carboxylic acids is 2. The second-order valence-electron chi connectivity index (χ2n) is 8.48. The fraction of sp³-hybridized carbons (Fsp3) is 0.636. The molecule has 1 amide bonds. The van der Waals surface area contributed by atoms with Gasteiger partial charge in [0, 0.05) is 12.6 Å². The van der Waals surface area contributed by atoms with Crippen molar-refractivity contribution in [3.63, 3.8) is 0 Å². The molecule has 2 fully saturated rings. The lowest BCUT2D eigenvalue weighted by atomic mass is 9.86. The predicted octanol–water partition coefficient (Wildman–Crippen LogP) is 2.78. The number of sulfonamides is 1. The van der Waals surface area contributed by atoms with Crippen molar-refractivity contribution in [2.75, 3.05) is 13.2 Å². The molecule has 1 heterocycles. The van der Waals surface area contributed by atoms with Gasteiger partial charge >= 0.3 is 5.97 Å². The number of esters is 1. The summed E-state index contributed by atoms with van der Waals surface area (Å²) in [7, 11) is -3.81. The minimum Gasteiger partial charge on any atom is -0.454 e. The molecule has 3 rings (SSSR count). The average molecular weight is 437 g/mol. The number of carbonyl (C=O) groups is 2. The van der Waals surface area contributed by atoms with E-state index in [-0.39, 0.29) is 30.0 Å². The Morgan fingerprint density at radius 2 is 1.73 bits per heavy atom. The molecule has 166 valence electrons. The molecule has 1 N–H and O–H groups in total. The Morgan fingerprint density at radius 3 is 2.43 bits per heavy atom. The van der Waals surface area contributed by atoms with Crippen LogP contribution in [0.4, 0.5) is 0 Å². The van der Waals surface area contributed by atoms with Crippen LogP contribution in [0.3, 0.4) is 0 Å². The normalized spacial score (nSPS) is 25.5. The summed E-state index contributed by atoms with van der Waals surface area (Å²) >= 11 is 0. The Hall–Kier alpha value is -1.93. The number of nitrogens with one attached hydrogen (secondary N) is 1. The molecule has 8 heteroatoms. The van der Waals surface area contributed by atoms with Crippen molar-refractivity contribution < 1.29 is 22.7 Å². The van der Waals surface area contributed by atoms with Gasteiger partial charge in [0.2, 0.25) is 10.0 Å². The zero-order valence-corrected chi connectivity index (χ0v) is 18.6. The second kappa shape index (κ2) is 9.92. The molecule has 0 bridgehead atoms. The van der Waals surface area contributed by atoms with E-state index >= 15 is 0 Å². The molecule has 7 nitrogen and oxygen atoms in total. The Morgan fingerprint density at radius 1 is 1.07 bits per heavy atom. The first-order valence-electron chi connectivity index (χ1n) is 10.8. The minimum atomic E-state index is -3.81. The number of ether oxygens (including phenoxy) is 1. The third-order valence-electron chi connectivity index (χ3n) is 6.16. The first-order chi connectivity index (χ1) is 14.3. The molecule has 0 spiro atoms.